The van der Waals surface area contributed by atoms with Crippen LogP contribution in [0.2, 0.25) is 0 Å². The fraction of sp³-hybridized carbons (Fsp3) is 0.304. The van der Waals surface area contributed by atoms with Crippen molar-refractivity contribution >= 4 is 11.6 Å². The second-order valence-corrected chi connectivity index (χ2v) is 7.41. The Morgan fingerprint density at radius 2 is 1.93 bits per heavy atom. The van der Waals surface area contributed by atoms with Crippen LogP contribution in [0.5, 0.6) is 0 Å². The third-order valence-electron chi connectivity index (χ3n) is 4.76. The predicted octanol–water partition coefficient (Wildman–Crippen LogP) is 4.04. The number of amides is 1. The number of hydrogen-bond donors (Lipinski definition) is 1. The van der Waals surface area contributed by atoms with Gasteiger partial charge in [0.25, 0.3) is 0 Å². The first kappa shape index (κ1) is 20.7. The molecule has 29 heavy (non-hydrogen) atoms. The highest BCUT2D eigenvalue weighted by Gasteiger charge is 2.10. The molecule has 0 fully saturated rings. The van der Waals surface area contributed by atoms with Gasteiger partial charge in [-0.1, -0.05) is 12.1 Å². The summed E-state index contributed by atoms with van der Waals surface area (Å²) in [5.41, 5.74) is 4.84. The molecule has 3 aromatic rings. The van der Waals surface area contributed by atoms with E-state index < -0.39 is 0 Å². The molecular weight excluding hydrogens is 367 g/mol. The summed E-state index contributed by atoms with van der Waals surface area (Å²) in [6.07, 6.45) is 1.72. The van der Waals surface area contributed by atoms with Gasteiger partial charge in [0.1, 0.15) is 5.82 Å². The van der Waals surface area contributed by atoms with Gasteiger partial charge in [-0.3, -0.25) is 14.4 Å². The van der Waals surface area contributed by atoms with Gasteiger partial charge in [0.2, 0.25) is 5.91 Å². The molecule has 0 bridgehead atoms. The van der Waals surface area contributed by atoms with Crippen molar-refractivity contribution in [3.8, 4) is 11.3 Å². The Labute approximate surface area is 171 Å². The Hall–Kier alpha value is -2.99. The second-order valence-electron chi connectivity index (χ2n) is 7.41. The van der Waals surface area contributed by atoms with Gasteiger partial charge in [-0.05, 0) is 86.9 Å². The summed E-state index contributed by atoms with van der Waals surface area (Å²) in [6.45, 7) is 3.14. The molecule has 0 aliphatic heterocycles. The van der Waals surface area contributed by atoms with Crippen LogP contribution >= 0.6 is 0 Å². The molecule has 152 valence electrons. The number of aromatic nitrogens is 2. The summed E-state index contributed by atoms with van der Waals surface area (Å²) < 4.78 is 14.9. The lowest BCUT2D eigenvalue weighted by Crippen LogP contribution is -2.31. The Kier molecular flexibility index (Phi) is 6.77. The Morgan fingerprint density at radius 3 is 2.66 bits per heavy atom. The van der Waals surface area contributed by atoms with Crippen molar-refractivity contribution in [2.45, 2.75) is 19.8 Å². The number of nitrogens with one attached hydrogen (secondary N) is 1. The SMILES string of the molecule is Cc1cccc(NC(=O)CN(C)CCCc2cc(-c3ccc(F)cc3)n(C)n2)c1. The number of hydrogen-bond acceptors (Lipinski definition) is 3. The molecule has 1 heterocycles. The van der Waals surface area contributed by atoms with Crippen LogP contribution in [-0.4, -0.2) is 40.7 Å². The van der Waals surface area contributed by atoms with Gasteiger partial charge >= 0.3 is 0 Å². The largest absolute Gasteiger partial charge is 0.325 e. The molecule has 0 aliphatic carbocycles. The van der Waals surface area contributed by atoms with Crippen molar-refractivity contribution in [3.63, 3.8) is 0 Å². The van der Waals surface area contributed by atoms with Gasteiger partial charge in [-0.15, -0.1) is 0 Å². The summed E-state index contributed by atoms with van der Waals surface area (Å²) in [5, 5.41) is 7.49. The van der Waals surface area contributed by atoms with Crippen molar-refractivity contribution in [2.75, 3.05) is 25.5 Å². The summed E-state index contributed by atoms with van der Waals surface area (Å²) in [7, 11) is 3.84. The van der Waals surface area contributed by atoms with E-state index >= 15 is 0 Å². The molecule has 5 nitrogen and oxygen atoms in total. The first-order valence-corrected chi connectivity index (χ1v) is 9.74. The summed E-state index contributed by atoms with van der Waals surface area (Å²) in [4.78, 5) is 14.2. The van der Waals surface area contributed by atoms with Crippen LogP contribution in [0.1, 0.15) is 17.7 Å². The fourth-order valence-corrected chi connectivity index (χ4v) is 3.32. The number of anilines is 1. The van der Waals surface area contributed by atoms with E-state index in [1.54, 1.807) is 12.1 Å². The molecule has 0 saturated heterocycles. The molecule has 1 aromatic heterocycles. The van der Waals surface area contributed by atoms with Crippen LogP contribution in [0.25, 0.3) is 11.3 Å². The number of nitrogens with zero attached hydrogens (tertiary/aromatic N) is 3. The van der Waals surface area contributed by atoms with Crippen molar-refractivity contribution < 1.29 is 9.18 Å². The van der Waals surface area contributed by atoms with E-state index in [9.17, 15) is 9.18 Å². The first-order valence-electron chi connectivity index (χ1n) is 9.74. The normalized spacial score (nSPS) is 11.1. The second kappa shape index (κ2) is 9.47. The monoisotopic (exact) mass is 394 g/mol. The molecular formula is C23H27FN4O. The molecule has 0 spiro atoms. The van der Waals surface area contributed by atoms with Gasteiger partial charge in [0.15, 0.2) is 0 Å². The number of benzene rings is 2. The summed E-state index contributed by atoms with van der Waals surface area (Å²) in [6, 6.07) is 16.3. The lowest BCUT2D eigenvalue weighted by molar-refractivity contribution is -0.117. The molecule has 1 N–H and O–H groups in total. The highest BCUT2D eigenvalue weighted by molar-refractivity contribution is 5.92. The van der Waals surface area contributed by atoms with Crippen LogP contribution in [0, 0.1) is 12.7 Å². The van der Waals surface area contributed by atoms with Crippen molar-refractivity contribution in [3.05, 3.63) is 71.7 Å². The minimum absolute atomic E-state index is 0.0190. The maximum atomic E-state index is 13.1. The van der Waals surface area contributed by atoms with Gasteiger partial charge in [-0.25, -0.2) is 4.39 Å². The fourth-order valence-electron chi connectivity index (χ4n) is 3.32. The minimum Gasteiger partial charge on any atom is -0.325 e. The van der Waals surface area contributed by atoms with Gasteiger partial charge < -0.3 is 5.32 Å². The van der Waals surface area contributed by atoms with Crippen molar-refractivity contribution in [1.82, 2.24) is 14.7 Å². The van der Waals surface area contributed by atoms with Crippen LogP contribution < -0.4 is 5.32 Å². The van der Waals surface area contributed by atoms with E-state index in [-0.39, 0.29) is 11.7 Å². The standard InChI is InChI=1S/C23H27FN4O/c1-17-6-4-7-20(14-17)25-23(29)16-27(2)13-5-8-21-15-22(28(3)26-21)18-9-11-19(24)12-10-18/h4,6-7,9-12,14-15H,5,8,13,16H2,1-3H3,(H,25,29). The number of likely N-dealkylation sites (N-methyl/N-ethyl adjacent to an activating group) is 1. The summed E-state index contributed by atoms with van der Waals surface area (Å²) >= 11 is 0. The zero-order chi connectivity index (χ0) is 20.8. The van der Waals surface area contributed by atoms with E-state index in [2.05, 4.69) is 10.4 Å². The van der Waals surface area contributed by atoms with Gasteiger partial charge in [-0.2, -0.15) is 5.10 Å². The number of carbonyl (C=O) groups excluding carboxylic acids is 1. The molecule has 1 amide bonds. The van der Waals surface area contributed by atoms with Crippen molar-refractivity contribution in [1.29, 1.82) is 0 Å². The topological polar surface area (TPSA) is 50.2 Å². The molecule has 0 saturated carbocycles. The quantitative estimate of drug-likeness (QED) is 0.627. The average molecular weight is 394 g/mol. The van der Waals surface area contributed by atoms with E-state index in [4.69, 9.17) is 0 Å². The van der Waals surface area contributed by atoms with Crippen molar-refractivity contribution in [2.24, 2.45) is 7.05 Å². The molecule has 0 radical (unpaired) electrons. The number of carbonyl (C=O) groups is 1. The lowest BCUT2D eigenvalue weighted by Gasteiger charge is -2.16. The molecule has 2 aromatic carbocycles. The number of aryl methyl sites for hydroxylation is 3. The van der Waals surface area contributed by atoms with Gasteiger partial charge in [0.05, 0.1) is 17.9 Å². The van der Waals surface area contributed by atoms with Gasteiger partial charge in [0, 0.05) is 12.7 Å². The molecule has 0 unspecified atom stereocenters. The minimum atomic E-state index is -0.245. The maximum absolute atomic E-state index is 13.1. The first-order chi connectivity index (χ1) is 13.9. The summed E-state index contributed by atoms with van der Waals surface area (Å²) in [5.74, 6) is -0.264. The predicted molar refractivity (Wildman–Crippen MR) is 114 cm³/mol. The Balaban J connectivity index is 1.46. The number of rotatable bonds is 8. The van der Waals surface area contributed by atoms with Crippen LogP contribution in [0.4, 0.5) is 10.1 Å². The van der Waals surface area contributed by atoms with E-state index in [1.807, 2.05) is 60.9 Å². The zero-order valence-electron chi connectivity index (χ0n) is 17.2. The zero-order valence-corrected chi connectivity index (χ0v) is 17.2. The third-order valence-corrected chi connectivity index (χ3v) is 4.76. The Bertz CT molecular complexity index is 965. The average Bonchev–Trinajstić information content (AvgIpc) is 3.02. The molecule has 3 rings (SSSR count). The molecule has 0 atom stereocenters. The molecule has 0 aliphatic rings. The third kappa shape index (κ3) is 5.99. The smallest absolute Gasteiger partial charge is 0.238 e. The van der Waals surface area contributed by atoms with E-state index in [0.717, 1.165) is 47.6 Å². The number of halogens is 1. The molecule has 6 heteroatoms. The lowest BCUT2D eigenvalue weighted by atomic mass is 10.1. The highest BCUT2D eigenvalue weighted by Crippen LogP contribution is 2.20. The van der Waals surface area contributed by atoms with E-state index in [1.165, 1.54) is 12.1 Å². The Morgan fingerprint density at radius 1 is 1.17 bits per heavy atom. The highest BCUT2D eigenvalue weighted by atomic mass is 19.1. The van der Waals surface area contributed by atoms with Crippen LogP contribution in [0.15, 0.2) is 54.6 Å². The van der Waals surface area contributed by atoms with E-state index in [0.29, 0.717) is 6.54 Å². The maximum Gasteiger partial charge on any atom is 0.238 e. The van der Waals surface area contributed by atoms with Crippen LogP contribution in [0.3, 0.4) is 0 Å². The van der Waals surface area contributed by atoms with Crippen LogP contribution in [-0.2, 0) is 18.3 Å².